The minimum atomic E-state index is -4.19. The van der Waals surface area contributed by atoms with Crippen molar-refractivity contribution in [1.29, 1.82) is 0 Å². The molecule has 1 saturated carbocycles. The summed E-state index contributed by atoms with van der Waals surface area (Å²) < 4.78 is 42.3. The monoisotopic (exact) mass is 801 g/mol. The zero-order valence-electron chi connectivity index (χ0n) is 33.3. The van der Waals surface area contributed by atoms with Gasteiger partial charge in [0.2, 0.25) is 11.8 Å². The lowest BCUT2D eigenvalue weighted by Crippen LogP contribution is -2.58. The Morgan fingerprint density at radius 1 is 1.11 bits per heavy atom. The second-order valence-electron chi connectivity index (χ2n) is 16.0. The van der Waals surface area contributed by atoms with Gasteiger partial charge in [0.1, 0.15) is 34.8 Å². The first-order chi connectivity index (χ1) is 26.3. The molecule has 0 spiro atoms. The molecule has 18 nitrogen and oxygen atoms in total. The molecule has 2 aromatic rings. The summed E-state index contributed by atoms with van der Waals surface area (Å²) in [5, 5.41) is 10.9. The molecular formula is C37H55N9O9S. The smallest absolute Gasteiger partial charge is 0.408 e. The number of rotatable bonds is 8. The summed E-state index contributed by atoms with van der Waals surface area (Å²) in [4.78, 5) is 74.0. The molecule has 308 valence electrons. The third kappa shape index (κ3) is 9.54. The van der Waals surface area contributed by atoms with Crippen molar-refractivity contribution in [3.63, 3.8) is 0 Å². The zero-order chi connectivity index (χ0) is 41.2. The number of imidazole rings is 1. The predicted molar refractivity (Wildman–Crippen MR) is 208 cm³/mol. The number of carbonyl (C=O) groups excluding carboxylic acids is 5. The topological polar surface area (TPSA) is 222 Å². The normalized spacial score (nSPS) is 25.3. The number of benzene rings is 1. The first-order valence-electron chi connectivity index (χ1n) is 19.0. The number of hydrogen-bond donors (Lipinski definition) is 5. The van der Waals surface area contributed by atoms with E-state index < -0.39 is 75.3 Å². The van der Waals surface area contributed by atoms with Crippen LogP contribution in [0.5, 0.6) is 6.01 Å². The van der Waals surface area contributed by atoms with Gasteiger partial charge >= 0.3 is 22.3 Å². The van der Waals surface area contributed by atoms with Gasteiger partial charge in [-0.2, -0.15) is 17.7 Å². The Kier molecular flexibility index (Phi) is 12.6. The standard InChI is InChI=1S/C37H55N9O9S/c1-22(2)46-27-18-14-17-25(39-33(50)38-6)29(27)41-34(46)54-24-19-28-30(47)42-37(32(49)43-56(52,53)44(7)8)20-23(37)15-12-10-9-11-13-16-26(31(48)45(28)21-24)40-35(51)55-36(3,4)5/h12,14-15,17-18,22-24,26,28H,9-11,13,16,19-21H2,1-8H3,(H,40,51)(H,42,47)(H,43,49)(H2,38,39,50)/b15-12-/t23-,24-,26+,28+,37-/m1/s1. The highest BCUT2D eigenvalue weighted by atomic mass is 32.2. The van der Waals surface area contributed by atoms with Crippen LogP contribution in [0, 0.1) is 5.92 Å². The zero-order valence-corrected chi connectivity index (χ0v) is 34.1. The van der Waals surface area contributed by atoms with Gasteiger partial charge in [-0.15, -0.1) is 0 Å². The number of para-hydroxylation sites is 1. The maximum Gasteiger partial charge on any atom is 0.408 e. The number of urea groups is 1. The van der Waals surface area contributed by atoms with Crippen LogP contribution in [0.15, 0.2) is 30.4 Å². The number of hydrogen-bond acceptors (Lipinski definition) is 10. The minimum absolute atomic E-state index is 0.0183. The summed E-state index contributed by atoms with van der Waals surface area (Å²) in [6, 6.07) is 2.72. The molecule has 6 amide bonds. The molecular weight excluding hydrogens is 747 g/mol. The average Bonchev–Trinajstić information content (AvgIpc) is 3.42. The van der Waals surface area contributed by atoms with E-state index in [0.29, 0.717) is 29.6 Å². The molecule has 5 atom stereocenters. The van der Waals surface area contributed by atoms with Crippen LogP contribution in [0.25, 0.3) is 11.0 Å². The molecule has 56 heavy (non-hydrogen) atoms. The fourth-order valence-corrected chi connectivity index (χ4v) is 7.63. The van der Waals surface area contributed by atoms with E-state index in [1.807, 2.05) is 36.6 Å². The van der Waals surface area contributed by atoms with Crippen molar-refractivity contribution in [3.8, 4) is 6.01 Å². The molecule has 1 aromatic heterocycles. The fourth-order valence-electron chi connectivity index (χ4n) is 7.03. The number of allylic oxidation sites excluding steroid dienone is 1. The van der Waals surface area contributed by atoms with E-state index in [9.17, 15) is 32.4 Å². The molecule has 5 rings (SSSR count). The van der Waals surface area contributed by atoms with E-state index >= 15 is 0 Å². The van der Waals surface area contributed by atoms with Crippen molar-refractivity contribution in [3.05, 3.63) is 30.4 Å². The molecule has 2 aliphatic heterocycles. The second-order valence-corrected chi connectivity index (χ2v) is 17.9. The number of ether oxygens (including phenoxy) is 2. The summed E-state index contributed by atoms with van der Waals surface area (Å²) in [7, 11) is -0.130. The van der Waals surface area contributed by atoms with Crippen LogP contribution in [0.4, 0.5) is 15.3 Å². The number of nitrogens with zero attached hydrogens (tertiary/aromatic N) is 4. The van der Waals surface area contributed by atoms with E-state index in [0.717, 1.165) is 17.1 Å². The number of alkyl carbamates (subject to hydrolysis) is 1. The number of amides is 6. The van der Waals surface area contributed by atoms with Gasteiger partial charge < -0.3 is 35.6 Å². The van der Waals surface area contributed by atoms with E-state index in [-0.39, 0.29) is 37.9 Å². The highest BCUT2D eigenvalue weighted by molar-refractivity contribution is 7.87. The van der Waals surface area contributed by atoms with Gasteiger partial charge in [-0.05, 0) is 72.4 Å². The van der Waals surface area contributed by atoms with E-state index in [2.05, 4.69) is 26.0 Å². The van der Waals surface area contributed by atoms with Crippen molar-refractivity contribution >= 4 is 56.8 Å². The highest BCUT2D eigenvalue weighted by Gasteiger charge is 2.62. The van der Waals surface area contributed by atoms with Crippen molar-refractivity contribution in [2.24, 2.45) is 5.92 Å². The lowest BCUT2D eigenvalue weighted by Gasteiger charge is -2.30. The third-order valence-electron chi connectivity index (χ3n) is 9.99. The largest absolute Gasteiger partial charge is 0.459 e. The van der Waals surface area contributed by atoms with Crippen LogP contribution in [-0.2, 0) is 29.3 Å². The number of fused-ring (bicyclic) bond motifs is 3. The Hall–Kier alpha value is -4.91. The van der Waals surface area contributed by atoms with Gasteiger partial charge in [-0.1, -0.05) is 31.1 Å². The SMILES string of the molecule is CNC(=O)Nc1cccc2c1nc(O[C@@H]1C[C@H]3C(=O)N[C@]4(C(=O)NS(=O)(=O)N(C)C)C[C@H]4/C=C\CCCCC[C@H](NC(=O)OC(C)(C)C)C(=O)N3C1)n2C(C)C. The van der Waals surface area contributed by atoms with Crippen LogP contribution in [0.2, 0.25) is 0 Å². The highest BCUT2D eigenvalue weighted by Crippen LogP contribution is 2.46. The van der Waals surface area contributed by atoms with E-state index in [1.165, 1.54) is 26.0 Å². The molecule has 0 bridgehead atoms. The number of aromatic nitrogens is 2. The first-order valence-corrected chi connectivity index (χ1v) is 20.4. The van der Waals surface area contributed by atoms with E-state index in [1.54, 1.807) is 32.9 Å². The third-order valence-corrected chi connectivity index (χ3v) is 11.4. The molecule has 1 aliphatic carbocycles. The van der Waals surface area contributed by atoms with Crippen LogP contribution in [-0.4, -0.2) is 114 Å². The Morgan fingerprint density at radius 2 is 1.84 bits per heavy atom. The molecule has 3 aliphatic rings. The fraction of sp³-hybridized carbons (Fsp3) is 0.622. The maximum atomic E-state index is 14.5. The van der Waals surface area contributed by atoms with Gasteiger partial charge in [-0.3, -0.25) is 19.0 Å². The Balaban J connectivity index is 1.51. The van der Waals surface area contributed by atoms with Gasteiger partial charge in [0.25, 0.3) is 11.9 Å². The van der Waals surface area contributed by atoms with Crippen molar-refractivity contribution in [2.45, 2.75) is 115 Å². The van der Waals surface area contributed by atoms with Crippen LogP contribution >= 0.6 is 0 Å². The Morgan fingerprint density at radius 3 is 2.50 bits per heavy atom. The van der Waals surface area contributed by atoms with Gasteiger partial charge in [0.15, 0.2) is 0 Å². The second kappa shape index (κ2) is 16.7. The van der Waals surface area contributed by atoms with Crippen LogP contribution in [0.3, 0.4) is 0 Å². The number of nitrogens with one attached hydrogen (secondary N) is 5. The first kappa shape index (κ1) is 42.2. The summed E-state index contributed by atoms with van der Waals surface area (Å²) in [5.41, 5.74) is -0.819. The molecule has 0 radical (unpaired) electrons. The van der Waals surface area contributed by atoms with E-state index in [4.69, 9.17) is 14.5 Å². The minimum Gasteiger partial charge on any atom is -0.459 e. The van der Waals surface area contributed by atoms with Crippen molar-refractivity contribution < 1.29 is 41.9 Å². The van der Waals surface area contributed by atoms with Gasteiger partial charge in [0, 0.05) is 39.5 Å². The molecule has 1 aromatic carbocycles. The van der Waals surface area contributed by atoms with Gasteiger partial charge in [-0.25, -0.2) is 14.3 Å². The quantitative estimate of drug-likeness (QED) is 0.246. The predicted octanol–water partition coefficient (Wildman–Crippen LogP) is 2.93. The average molecular weight is 802 g/mol. The lowest BCUT2D eigenvalue weighted by atomic mass is 10.0. The number of carbonyl (C=O) groups is 5. The molecule has 3 heterocycles. The Labute approximate surface area is 327 Å². The Bertz CT molecular complexity index is 1970. The molecule has 2 fully saturated rings. The van der Waals surface area contributed by atoms with Crippen LogP contribution < -0.4 is 30.7 Å². The molecule has 19 heteroatoms. The van der Waals surface area contributed by atoms with Crippen molar-refractivity contribution in [2.75, 3.05) is 33.0 Å². The molecule has 0 unspecified atom stereocenters. The van der Waals surface area contributed by atoms with Gasteiger partial charge in [0.05, 0.1) is 17.7 Å². The summed E-state index contributed by atoms with van der Waals surface area (Å²) >= 11 is 0. The van der Waals surface area contributed by atoms with Crippen LogP contribution in [0.1, 0.15) is 85.6 Å². The van der Waals surface area contributed by atoms with Crippen molar-refractivity contribution in [1.82, 2.24) is 39.4 Å². The summed E-state index contributed by atoms with van der Waals surface area (Å²) in [5.74, 6) is -2.60. The summed E-state index contributed by atoms with van der Waals surface area (Å²) in [6.07, 6.45) is 5.32. The molecule has 1 saturated heterocycles. The lowest BCUT2D eigenvalue weighted by molar-refractivity contribution is -0.141. The number of anilines is 1. The maximum absolute atomic E-state index is 14.5. The molecule has 5 N–H and O–H groups in total. The summed E-state index contributed by atoms with van der Waals surface area (Å²) in [6.45, 7) is 8.94.